The maximum atomic E-state index is 11.0. The fourth-order valence-corrected chi connectivity index (χ4v) is 2.57. The van der Waals surface area contributed by atoms with E-state index in [0.717, 1.165) is 21.9 Å². The summed E-state index contributed by atoms with van der Waals surface area (Å²) in [4.78, 5) is 0. The molecule has 1 N–H and O–H groups in total. The third-order valence-electron chi connectivity index (χ3n) is 3.65. The molecule has 0 unspecified atom stereocenters. The lowest BCUT2D eigenvalue weighted by atomic mass is 9.85. The Morgan fingerprint density at radius 2 is 1.37 bits per heavy atom. The Morgan fingerprint density at radius 3 is 2.16 bits per heavy atom. The topological polar surface area (TPSA) is 20.2 Å². The molecular formula is C18H16O. The monoisotopic (exact) mass is 248 g/mol. The summed E-state index contributed by atoms with van der Waals surface area (Å²) in [6, 6.07) is 24.0. The summed E-state index contributed by atoms with van der Waals surface area (Å²) < 4.78 is 0. The number of aliphatic hydroxyl groups is 1. The fraction of sp³-hybridized carbons (Fsp3) is 0.111. The van der Waals surface area contributed by atoms with Crippen molar-refractivity contribution >= 4 is 10.8 Å². The molecule has 0 radical (unpaired) electrons. The van der Waals surface area contributed by atoms with E-state index in [1.54, 1.807) is 0 Å². The van der Waals surface area contributed by atoms with Gasteiger partial charge in [0.2, 0.25) is 0 Å². The van der Waals surface area contributed by atoms with Crippen molar-refractivity contribution in [1.29, 1.82) is 0 Å². The van der Waals surface area contributed by atoms with Crippen molar-refractivity contribution in [2.75, 3.05) is 0 Å². The van der Waals surface area contributed by atoms with Crippen LogP contribution in [0.1, 0.15) is 18.1 Å². The van der Waals surface area contributed by atoms with Crippen LogP contribution in [0.3, 0.4) is 0 Å². The Hall–Kier alpha value is -2.12. The van der Waals surface area contributed by atoms with Gasteiger partial charge in [0.1, 0.15) is 5.60 Å². The quantitative estimate of drug-likeness (QED) is 0.724. The molecule has 0 aliphatic rings. The minimum atomic E-state index is -0.984. The van der Waals surface area contributed by atoms with Crippen molar-refractivity contribution in [1.82, 2.24) is 0 Å². The van der Waals surface area contributed by atoms with E-state index in [2.05, 4.69) is 18.2 Å². The lowest BCUT2D eigenvalue weighted by Gasteiger charge is -2.26. The molecule has 0 saturated heterocycles. The van der Waals surface area contributed by atoms with Crippen molar-refractivity contribution in [3.05, 3.63) is 83.9 Å². The number of hydrogen-bond donors (Lipinski definition) is 1. The van der Waals surface area contributed by atoms with E-state index in [-0.39, 0.29) is 0 Å². The van der Waals surface area contributed by atoms with Crippen LogP contribution < -0.4 is 0 Å². The van der Waals surface area contributed by atoms with E-state index in [1.165, 1.54) is 0 Å². The van der Waals surface area contributed by atoms with Crippen LogP contribution in [0.4, 0.5) is 0 Å². The van der Waals surface area contributed by atoms with E-state index >= 15 is 0 Å². The summed E-state index contributed by atoms with van der Waals surface area (Å²) in [7, 11) is 0. The molecule has 0 aliphatic heterocycles. The second kappa shape index (κ2) is 4.52. The molecule has 3 rings (SSSR count). The standard InChI is InChI=1S/C18H16O/c1-18(19,15-10-3-2-4-11-15)17-13-7-9-14-8-5-6-12-16(14)17/h2-13,19H,1H3/t18-/m1/s1. The SMILES string of the molecule is C[C@@](O)(c1ccccc1)c1cccc2ccccc12. The molecule has 3 aromatic rings. The molecule has 0 spiro atoms. The van der Waals surface area contributed by atoms with Crippen LogP contribution in [0.5, 0.6) is 0 Å². The largest absolute Gasteiger partial charge is 0.381 e. The summed E-state index contributed by atoms with van der Waals surface area (Å²) in [5.74, 6) is 0. The van der Waals surface area contributed by atoms with Crippen molar-refractivity contribution in [3.63, 3.8) is 0 Å². The molecule has 0 saturated carbocycles. The van der Waals surface area contributed by atoms with E-state index in [1.807, 2.05) is 61.5 Å². The molecule has 3 aromatic carbocycles. The van der Waals surface area contributed by atoms with Gasteiger partial charge in [-0.1, -0.05) is 72.8 Å². The molecule has 0 amide bonds. The zero-order valence-electron chi connectivity index (χ0n) is 10.9. The first-order valence-electron chi connectivity index (χ1n) is 6.46. The predicted octanol–water partition coefficient (Wildman–Crippen LogP) is 4.10. The Labute approximate surface area is 113 Å². The molecule has 0 heterocycles. The molecule has 0 fully saturated rings. The van der Waals surface area contributed by atoms with E-state index in [9.17, 15) is 5.11 Å². The average Bonchev–Trinajstić information content (AvgIpc) is 2.47. The van der Waals surface area contributed by atoms with Crippen molar-refractivity contribution < 1.29 is 5.11 Å². The highest BCUT2D eigenvalue weighted by Crippen LogP contribution is 2.33. The molecule has 0 aromatic heterocycles. The van der Waals surface area contributed by atoms with Gasteiger partial charge < -0.3 is 5.11 Å². The van der Waals surface area contributed by atoms with Crippen molar-refractivity contribution in [2.45, 2.75) is 12.5 Å². The normalized spacial score (nSPS) is 14.2. The number of rotatable bonds is 2. The van der Waals surface area contributed by atoms with Crippen LogP contribution in [-0.2, 0) is 5.60 Å². The Morgan fingerprint density at radius 1 is 0.737 bits per heavy atom. The summed E-state index contributed by atoms with van der Waals surface area (Å²) >= 11 is 0. The van der Waals surface area contributed by atoms with E-state index in [0.29, 0.717) is 0 Å². The Bertz CT molecular complexity index is 694. The summed E-state index contributed by atoms with van der Waals surface area (Å²) in [5, 5.41) is 13.2. The van der Waals surface area contributed by atoms with Gasteiger partial charge in [-0.25, -0.2) is 0 Å². The lowest BCUT2D eigenvalue weighted by molar-refractivity contribution is 0.104. The number of hydrogen-bond acceptors (Lipinski definition) is 1. The van der Waals surface area contributed by atoms with Crippen LogP contribution in [0, 0.1) is 0 Å². The summed E-state index contributed by atoms with van der Waals surface area (Å²) in [6.45, 7) is 1.85. The first-order valence-corrected chi connectivity index (χ1v) is 6.46. The van der Waals surface area contributed by atoms with Gasteiger partial charge in [0.05, 0.1) is 0 Å². The third kappa shape index (κ3) is 2.02. The first-order chi connectivity index (χ1) is 9.19. The van der Waals surface area contributed by atoms with E-state index in [4.69, 9.17) is 0 Å². The van der Waals surface area contributed by atoms with Gasteiger partial charge in [-0.2, -0.15) is 0 Å². The van der Waals surface area contributed by atoms with Gasteiger partial charge >= 0.3 is 0 Å². The van der Waals surface area contributed by atoms with Gasteiger partial charge in [0, 0.05) is 0 Å². The van der Waals surface area contributed by atoms with Crippen LogP contribution in [0.2, 0.25) is 0 Å². The first kappa shape index (κ1) is 11.9. The molecule has 1 atom stereocenters. The fourth-order valence-electron chi connectivity index (χ4n) is 2.57. The smallest absolute Gasteiger partial charge is 0.112 e. The van der Waals surface area contributed by atoms with Gasteiger partial charge in [-0.15, -0.1) is 0 Å². The third-order valence-corrected chi connectivity index (χ3v) is 3.65. The summed E-state index contributed by atoms with van der Waals surface area (Å²) in [6.07, 6.45) is 0. The number of fused-ring (bicyclic) bond motifs is 1. The molecule has 94 valence electrons. The minimum Gasteiger partial charge on any atom is -0.381 e. The Kier molecular flexibility index (Phi) is 2.84. The van der Waals surface area contributed by atoms with Crippen molar-refractivity contribution in [3.8, 4) is 0 Å². The van der Waals surface area contributed by atoms with Gasteiger partial charge in [-0.05, 0) is 28.8 Å². The minimum absolute atomic E-state index is 0.909. The van der Waals surface area contributed by atoms with Crippen LogP contribution >= 0.6 is 0 Å². The van der Waals surface area contributed by atoms with Crippen LogP contribution in [0.25, 0.3) is 10.8 Å². The highest BCUT2D eigenvalue weighted by atomic mass is 16.3. The zero-order valence-corrected chi connectivity index (χ0v) is 10.9. The molecule has 0 aliphatic carbocycles. The highest BCUT2D eigenvalue weighted by molar-refractivity contribution is 5.86. The van der Waals surface area contributed by atoms with Gasteiger partial charge in [-0.3, -0.25) is 0 Å². The average molecular weight is 248 g/mol. The summed E-state index contributed by atoms with van der Waals surface area (Å²) in [5.41, 5.74) is 0.866. The maximum absolute atomic E-state index is 11.0. The molecule has 1 heteroatoms. The second-order valence-corrected chi connectivity index (χ2v) is 4.96. The molecule has 19 heavy (non-hydrogen) atoms. The predicted molar refractivity (Wildman–Crippen MR) is 79.1 cm³/mol. The van der Waals surface area contributed by atoms with Crippen molar-refractivity contribution in [2.24, 2.45) is 0 Å². The lowest BCUT2D eigenvalue weighted by Crippen LogP contribution is -2.22. The maximum Gasteiger partial charge on any atom is 0.112 e. The van der Waals surface area contributed by atoms with Gasteiger partial charge in [0.25, 0.3) is 0 Å². The zero-order chi connectivity index (χ0) is 13.3. The number of benzene rings is 3. The highest BCUT2D eigenvalue weighted by Gasteiger charge is 2.26. The molecule has 0 bridgehead atoms. The van der Waals surface area contributed by atoms with Crippen LogP contribution in [-0.4, -0.2) is 5.11 Å². The second-order valence-electron chi connectivity index (χ2n) is 4.96. The van der Waals surface area contributed by atoms with E-state index < -0.39 is 5.60 Å². The molecular weight excluding hydrogens is 232 g/mol. The van der Waals surface area contributed by atoms with Crippen LogP contribution in [0.15, 0.2) is 72.8 Å². The molecule has 1 nitrogen and oxygen atoms in total. The Balaban J connectivity index is 2.24. The van der Waals surface area contributed by atoms with Gasteiger partial charge in [0.15, 0.2) is 0 Å².